The maximum atomic E-state index is 12.1. The van der Waals surface area contributed by atoms with Crippen molar-refractivity contribution >= 4 is 23.4 Å². The molecule has 0 bridgehead atoms. The normalized spacial score (nSPS) is 11.4. The maximum absolute atomic E-state index is 12.1. The van der Waals surface area contributed by atoms with Crippen molar-refractivity contribution in [2.24, 2.45) is 0 Å². The van der Waals surface area contributed by atoms with E-state index in [0.29, 0.717) is 16.5 Å². The Labute approximate surface area is 157 Å². The first kappa shape index (κ1) is 19.6. The summed E-state index contributed by atoms with van der Waals surface area (Å²) in [6.45, 7) is 5.13. The van der Waals surface area contributed by atoms with Crippen molar-refractivity contribution in [3.05, 3.63) is 58.6 Å². The van der Waals surface area contributed by atoms with E-state index in [2.05, 4.69) is 10.9 Å². The number of nitrogens with one attached hydrogen (secondary N) is 2. The zero-order valence-corrected chi connectivity index (χ0v) is 15.6. The molecule has 2 amide bonds. The van der Waals surface area contributed by atoms with E-state index in [-0.39, 0.29) is 6.61 Å². The van der Waals surface area contributed by atoms with Crippen LogP contribution in [-0.4, -0.2) is 24.5 Å². The first-order valence-electron chi connectivity index (χ1n) is 8.07. The number of benzene rings is 2. The van der Waals surface area contributed by atoms with E-state index < -0.39 is 17.9 Å². The van der Waals surface area contributed by atoms with Crippen molar-refractivity contribution in [2.45, 2.75) is 26.9 Å². The van der Waals surface area contributed by atoms with Gasteiger partial charge in [-0.2, -0.15) is 0 Å². The van der Waals surface area contributed by atoms with Crippen LogP contribution >= 0.6 is 11.6 Å². The van der Waals surface area contributed by atoms with Crippen LogP contribution in [-0.2, 0) is 9.59 Å². The Morgan fingerprint density at radius 1 is 1.04 bits per heavy atom. The minimum absolute atomic E-state index is 0.282. The largest absolute Gasteiger partial charge is 0.482 e. The highest BCUT2D eigenvalue weighted by molar-refractivity contribution is 6.32. The number of hydrogen-bond acceptors (Lipinski definition) is 4. The van der Waals surface area contributed by atoms with Crippen molar-refractivity contribution < 1.29 is 19.1 Å². The Hall–Kier alpha value is -2.73. The van der Waals surface area contributed by atoms with Crippen LogP contribution in [0.2, 0.25) is 5.02 Å². The summed E-state index contributed by atoms with van der Waals surface area (Å²) in [7, 11) is 0. The van der Waals surface area contributed by atoms with Crippen LogP contribution in [0.1, 0.15) is 18.1 Å². The number of halogens is 1. The summed E-state index contributed by atoms with van der Waals surface area (Å²) in [5, 5.41) is 0.403. The second kappa shape index (κ2) is 9.10. The Kier molecular flexibility index (Phi) is 6.86. The fourth-order valence-corrected chi connectivity index (χ4v) is 2.38. The van der Waals surface area contributed by atoms with E-state index in [1.165, 1.54) is 0 Å². The molecule has 0 aliphatic heterocycles. The van der Waals surface area contributed by atoms with Crippen LogP contribution in [0.5, 0.6) is 11.5 Å². The second-order valence-corrected chi connectivity index (χ2v) is 6.14. The van der Waals surface area contributed by atoms with Gasteiger partial charge in [0.15, 0.2) is 12.7 Å². The molecule has 2 aromatic carbocycles. The number of carbonyl (C=O) groups is 2. The van der Waals surface area contributed by atoms with Gasteiger partial charge in [0, 0.05) is 0 Å². The topological polar surface area (TPSA) is 76.7 Å². The van der Waals surface area contributed by atoms with Crippen molar-refractivity contribution in [3.63, 3.8) is 0 Å². The van der Waals surface area contributed by atoms with Crippen LogP contribution in [0.25, 0.3) is 0 Å². The average Bonchev–Trinajstić information content (AvgIpc) is 2.62. The predicted molar refractivity (Wildman–Crippen MR) is 99.2 cm³/mol. The highest BCUT2D eigenvalue weighted by Crippen LogP contribution is 2.24. The van der Waals surface area contributed by atoms with Crippen molar-refractivity contribution in [2.75, 3.05) is 6.61 Å². The number of hydrogen-bond donors (Lipinski definition) is 2. The molecule has 0 radical (unpaired) electrons. The third-order valence-electron chi connectivity index (χ3n) is 3.59. The van der Waals surface area contributed by atoms with Gasteiger partial charge in [-0.15, -0.1) is 0 Å². The van der Waals surface area contributed by atoms with Gasteiger partial charge in [-0.25, -0.2) is 0 Å². The molecule has 0 saturated carbocycles. The van der Waals surface area contributed by atoms with E-state index in [1.807, 2.05) is 32.0 Å². The van der Waals surface area contributed by atoms with Gasteiger partial charge in [-0.05, 0) is 44.0 Å². The Balaban J connectivity index is 1.80. The number of ether oxygens (including phenoxy) is 2. The van der Waals surface area contributed by atoms with Gasteiger partial charge in [0.05, 0.1) is 5.02 Å². The van der Waals surface area contributed by atoms with Crippen LogP contribution in [0.4, 0.5) is 0 Å². The second-order valence-electron chi connectivity index (χ2n) is 5.74. The van der Waals surface area contributed by atoms with E-state index in [9.17, 15) is 9.59 Å². The molecular formula is C19H21ClN2O4. The fourth-order valence-electron chi connectivity index (χ4n) is 2.19. The standard InChI is InChI=1S/C19H21ClN2O4/c1-12-7-6-8-13(2)18(12)26-14(3)19(24)22-21-17(23)11-25-16-10-5-4-9-15(16)20/h4-10,14H,11H2,1-3H3,(H,21,23)(H,22,24)/t14-/m0/s1. The number of carbonyl (C=O) groups excluding carboxylic acids is 2. The first-order valence-corrected chi connectivity index (χ1v) is 8.45. The van der Waals surface area contributed by atoms with Crippen LogP contribution in [0, 0.1) is 13.8 Å². The third-order valence-corrected chi connectivity index (χ3v) is 3.91. The lowest BCUT2D eigenvalue weighted by Gasteiger charge is -2.18. The predicted octanol–water partition coefficient (Wildman–Crippen LogP) is 2.95. The molecule has 2 rings (SSSR count). The highest BCUT2D eigenvalue weighted by atomic mass is 35.5. The molecule has 0 aliphatic rings. The highest BCUT2D eigenvalue weighted by Gasteiger charge is 2.17. The minimum Gasteiger partial charge on any atom is -0.482 e. The van der Waals surface area contributed by atoms with E-state index in [0.717, 1.165) is 11.1 Å². The molecule has 0 aromatic heterocycles. The SMILES string of the molecule is Cc1cccc(C)c1O[C@@H](C)C(=O)NNC(=O)COc1ccccc1Cl. The molecule has 0 aliphatic carbocycles. The van der Waals surface area contributed by atoms with Crippen molar-refractivity contribution in [1.82, 2.24) is 10.9 Å². The van der Waals surface area contributed by atoms with Crippen molar-refractivity contribution in [3.8, 4) is 11.5 Å². The molecule has 0 spiro atoms. The van der Waals surface area contributed by atoms with Gasteiger partial charge in [-0.3, -0.25) is 20.4 Å². The van der Waals surface area contributed by atoms with Crippen molar-refractivity contribution in [1.29, 1.82) is 0 Å². The number of hydrazine groups is 1. The molecule has 0 saturated heterocycles. The van der Waals surface area contributed by atoms with E-state index in [1.54, 1.807) is 31.2 Å². The third kappa shape index (κ3) is 5.39. The van der Waals surface area contributed by atoms with Gasteiger partial charge in [0.2, 0.25) is 0 Å². The molecule has 0 unspecified atom stereocenters. The quantitative estimate of drug-likeness (QED) is 0.760. The van der Waals surface area contributed by atoms with Gasteiger partial charge in [0.25, 0.3) is 11.8 Å². The minimum atomic E-state index is -0.778. The zero-order valence-electron chi connectivity index (χ0n) is 14.8. The number of aryl methyl sites for hydroxylation is 2. The Morgan fingerprint density at radius 2 is 1.69 bits per heavy atom. The summed E-state index contributed by atoms with van der Waals surface area (Å²) in [5.41, 5.74) is 6.46. The molecule has 2 aromatic rings. The van der Waals surface area contributed by atoms with Crippen LogP contribution in [0.15, 0.2) is 42.5 Å². The molecule has 2 N–H and O–H groups in total. The summed E-state index contributed by atoms with van der Waals surface area (Å²) in [5.74, 6) is 0.0576. The number of amides is 2. The van der Waals surface area contributed by atoms with Gasteiger partial charge in [-0.1, -0.05) is 41.9 Å². The molecule has 1 atom stereocenters. The lowest BCUT2D eigenvalue weighted by Crippen LogP contribution is -2.48. The molecular weight excluding hydrogens is 356 g/mol. The molecule has 0 fully saturated rings. The molecule has 6 nitrogen and oxygen atoms in total. The first-order chi connectivity index (χ1) is 12.4. The lowest BCUT2D eigenvalue weighted by atomic mass is 10.1. The summed E-state index contributed by atoms with van der Waals surface area (Å²) in [4.78, 5) is 23.9. The fraction of sp³-hybridized carbons (Fsp3) is 0.263. The summed E-state index contributed by atoms with van der Waals surface area (Å²) in [6.07, 6.45) is -0.778. The van der Waals surface area contributed by atoms with E-state index >= 15 is 0 Å². The van der Waals surface area contributed by atoms with Gasteiger partial charge < -0.3 is 9.47 Å². The van der Waals surface area contributed by atoms with Gasteiger partial charge in [0.1, 0.15) is 11.5 Å². The molecule has 7 heteroatoms. The smallest absolute Gasteiger partial charge is 0.279 e. The molecule has 0 heterocycles. The summed E-state index contributed by atoms with van der Waals surface area (Å²) >= 11 is 5.94. The van der Waals surface area contributed by atoms with Crippen LogP contribution < -0.4 is 20.3 Å². The Bertz CT molecular complexity index is 775. The molecule has 26 heavy (non-hydrogen) atoms. The van der Waals surface area contributed by atoms with Gasteiger partial charge >= 0.3 is 0 Å². The number of rotatable bonds is 6. The van der Waals surface area contributed by atoms with Crippen LogP contribution in [0.3, 0.4) is 0 Å². The average molecular weight is 377 g/mol. The monoisotopic (exact) mass is 376 g/mol. The summed E-state index contributed by atoms with van der Waals surface area (Å²) in [6, 6.07) is 12.5. The molecule has 138 valence electrons. The van der Waals surface area contributed by atoms with E-state index in [4.69, 9.17) is 21.1 Å². The Morgan fingerprint density at radius 3 is 2.35 bits per heavy atom. The summed E-state index contributed by atoms with van der Waals surface area (Å²) < 4.78 is 11.0. The maximum Gasteiger partial charge on any atom is 0.279 e. The zero-order chi connectivity index (χ0) is 19.1. The lowest BCUT2D eigenvalue weighted by molar-refractivity contribution is -0.133. The number of para-hydroxylation sites is 2.